The quantitative estimate of drug-likeness (QED) is 0.777. The molecule has 1 atom stereocenters. The van der Waals surface area contributed by atoms with E-state index in [-0.39, 0.29) is 6.10 Å². The van der Waals surface area contributed by atoms with Gasteiger partial charge in [-0.05, 0) is 14.0 Å². The van der Waals surface area contributed by atoms with Crippen molar-refractivity contribution in [2.75, 3.05) is 44.3 Å². The van der Waals surface area contributed by atoms with Gasteiger partial charge in [-0.1, -0.05) is 0 Å². The summed E-state index contributed by atoms with van der Waals surface area (Å²) in [5, 5.41) is 3.23. The standard InChI is InChI=1S/C11H19N5O/c1-8-5-10(15-11(12)14-8)13-6-9-7-16(2)3-4-17-9/h5,9H,3-4,6-7H2,1-2H3,(H3,12,13,14,15). The fourth-order valence-electron chi connectivity index (χ4n) is 1.89. The van der Waals surface area contributed by atoms with Crippen molar-refractivity contribution in [3.8, 4) is 0 Å². The molecule has 2 rings (SSSR count). The van der Waals surface area contributed by atoms with Gasteiger partial charge in [0.25, 0.3) is 0 Å². The van der Waals surface area contributed by atoms with E-state index in [0.717, 1.165) is 37.8 Å². The molecule has 1 aromatic rings. The van der Waals surface area contributed by atoms with Gasteiger partial charge in [0.1, 0.15) is 5.82 Å². The number of morpholine rings is 1. The Bertz CT molecular complexity index is 364. The van der Waals surface area contributed by atoms with Gasteiger partial charge in [-0.3, -0.25) is 0 Å². The van der Waals surface area contributed by atoms with Gasteiger partial charge in [0, 0.05) is 31.4 Å². The third-order valence-corrected chi connectivity index (χ3v) is 2.72. The second kappa shape index (κ2) is 5.29. The molecule has 2 heterocycles. The first-order valence-corrected chi connectivity index (χ1v) is 5.78. The Hall–Kier alpha value is -1.40. The van der Waals surface area contributed by atoms with Crippen LogP contribution >= 0.6 is 0 Å². The van der Waals surface area contributed by atoms with Crippen LogP contribution in [0, 0.1) is 6.92 Å². The number of hydrogen-bond acceptors (Lipinski definition) is 6. The summed E-state index contributed by atoms with van der Waals surface area (Å²) in [5.41, 5.74) is 6.45. The van der Waals surface area contributed by atoms with E-state index in [1.54, 1.807) is 0 Å². The molecule has 1 unspecified atom stereocenters. The van der Waals surface area contributed by atoms with Crippen molar-refractivity contribution in [2.45, 2.75) is 13.0 Å². The van der Waals surface area contributed by atoms with Gasteiger partial charge < -0.3 is 20.7 Å². The van der Waals surface area contributed by atoms with Gasteiger partial charge in [-0.15, -0.1) is 0 Å². The molecule has 0 saturated carbocycles. The van der Waals surface area contributed by atoms with Gasteiger partial charge in [0.15, 0.2) is 0 Å². The van der Waals surface area contributed by atoms with Crippen molar-refractivity contribution >= 4 is 11.8 Å². The molecule has 17 heavy (non-hydrogen) atoms. The summed E-state index contributed by atoms with van der Waals surface area (Å²) in [7, 11) is 2.10. The lowest BCUT2D eigenvalue weighted by Gasteiger charge is -2.30. The fourth-order valence-corrected chi connectivity index (χ4v) is 1.89. The molecular formula is C11H19N5O. The molecule has 6 nitrogen and oxygen atoms in total. The summed E-state index contributed by atoms with van der Waals surface area (Å²) in [6, 6.07) is 1.88. The molecule has 0 aromatic carbocycles. The largest absolute Gasteiger partial charge is 0.374 e. The number of aryl methyl sites for hydroxylation is 1. The molecule has 0 amide bonds. The molecule has 1 fully saturated rings. The Labute approximate surface area is 101 Å². The highest BCUT2D eigenvalue weighted by atomic mass is 16.5. The van der Waals surface area contributed by atoms with Crippen LogP contribution in [0.2, 0.25) is 0 Å². The van der Waals surface area contributed by atoms with Crippen LogP contribution in [-0.4, -0.2) is 54.3 Å². The average molecular weight is 237 g/mol. The second-order valence-electron chi connectivity index (χ2n) is 4.39. The number of nitrogens with one attached hydrogen (secondary N) is 1. The van der Waals surface area contributed by atoms with Crippen molar-refractivity contribution in [1.82, 2.24) is 14.9 Å². The number of nitrogen functional groups attached to an aromatic ring is 1. The highest BCUT2D eigenvalue weighted by molar-refractivity contribution is 5.40. The molecule has 0 bridgehead atoms. The molecule has 1 aliphatic heterocycles. The number of anilines is 2. The number of likely N-dealkylation sites (N-methyl/N-ethyl adjacent to an activating group) is 1. The van der Waals surface area contributed by atoms with Crippen molar-refractivity contribution < 1.29 is 4.74 Å². The Morgan fingerprint density at radius 1 is 1.59 bits per heavy atom. The minimum Gasteiger partial charge on any atom is -0.374 e. The van der Waals surface area contributed by atoms with Crippen LogP contribution in [0.4, 0.5) is 11.8 Å². The first-order chi connectivity index (χ1) is 8.13. The Balaban J connectivity index is 1.88. The normalized spacial score (nSPS) is 21.4. The number of aromatic nitrogens is 2. The van der Waals surface area contributed by atoms with Crippen LogP contribution in [0.25, 0.3) is 0 Å². The lowest BCUT2D eigenvalue weighted by molar-refractivity contribution is -0.0117. The first-order valence-electron chi connectivity index (χ1n) is 5.78. The minimum atomic E-state index is 0.199. The Morgan fingerprint density at radius 2 is 2.41 bits per heavy atom. The topological polar surface area (TPSA) is 76.3 Å². The second-order valence-corrected chi connectivity index (χ2v) is 4.39. The summed E-state index contributed by atoms with van der Waals surface area (Å²) in [6.45, 7) is 5.35. The van der Waals surface area contributed by atoms with Crippen LogP contribution in [0.3, 0.4) is 0 Å². The van der Waals surface area contributed by atoms with Crippen LogP contribution < -0.4 is 11.1 Å². The van der Waals surface area contributed by atoms with Crippen molar-refractivity contribution in [3.05, 3.63) is 11.8 Å². The van der Waals surface area contributed by atoms with Crippen molar-refractivity contribution in [2.24, 2.45) is 0 Å². The SMILES string of the molecule is Cc1cc(NCC2CN(C)CCO2)nc(N)n1. The van der Waals surface area contributed by atoms with E-state index in [4.69, 9.17) is 10.5 Å². The molecule has 0 spiro atoms. The summed E-state index contributed by atoms with van der Waals surface area (Å²) in [5.74, 6) is 1.06. The predicted molar refractivity (Wildman–Crippen MR) is 66.9 cm³/mol. The zero-order valence-electron chi connectivity index (χ0n) is 10.3. The average Bonchev–Trinajstić information content (AvgIpc) is 2.25. The van der Waals surface area contributed by atoms with E-state index in [1.165, 1.54) is 0 Å². The lowest BCUT2D eigenvalue weighted by Crippen LogP contribution is -2.43. The third kappa shape index (κ3) is 3.54. The molecule has 1 aromatic heterocycles. The minimum absolute atomic E-state index is 0.199. The lowest BCUT2D eigenvalue weighted by atomic mass is 10.3. The maximum Gasteiger partial charge on any atom is 0.222 e. The van der Waals surface area contributed by atoms with E-state index in [2.05, 4.69) is 27.2 Å². The van der Waals surface area contributed by atoms with Gasteiger partial charge >= 0.3 is 0 Å². The zero-order chi connectivity index (χ0) is 12.3. The Kier molecular flexibility index (Phi) is 3.75. The summed E-state index contributed by atoms with van der Waals surface area (Å²) in [4.78, 5) is 10.4. The van der Waals surface area contributed by atoms with E-state index >= 15 is 0 Å². The molecule has 1 aliphatic rings. The van der Waals surface area contributed by atoms with Gasteiger partial charge in [-0.25, -0.2) is 4.98 Å². The van der Waals surface area contributed by atoms with E-state index < -0.39 is 0 Å². The number of rotatable bonds is 3. The molecule has 3 N–H and O–H groups in total. The van der Waals surface area contributed by atoms with E-state index in [1.807, 2.05) is 13.0 Å². The van der Waals surface area contributed by atoms with Crippen LogP contribution in [0.5, 0.6) is 0 Å². The van der Waals surface area contributed by atoms with Crippen LogP contribution in [0.1, 0.15) is 5.69 Å². The van der Waals surface area contributed by atoms with E-state index in [9.17, 15) is 0 Å². The van der Waals surface area contributed by atoms with Crippen molar-refractivity contribution in [3.63, 3.8) is 0 Å². The zero-order valence-corrected chi connectivity index (χ0v) is 10.3. The fraction of sp³-hybridized carbons (Fsp3) is 0.636. The first kappa shape index (κ1) is 12.1. The smallest absolute Gasteiger partial charge is 0.222 e. The molecule has 1 saturated heterocycles. The van der Waals surface area contributed by atoms with Crippen LogP contribution in [0.15, 0.2) is 6.07 Å². The third-order valence-electron chi connectivity index (χ3n) is 2.72. The molecule has 0 radical (unpaired) electrons. The number of ether oxygens (including phenoxy) is 1. The Morgan fingerprint density at radius 3 is 3.12 bits per heavy atom. The summed E-state index contributed by atoms with van der Waals surface area (Å²) >= 11 is 0. The molecule has 6 heteroatoms. The maximum atomic E-state index is 5.65. The highest BCUT2D eigenvalue weighted by Gasteiger charge is 2.17. The highest BCUT2D eigenvalue weighted by Crippen LogP contribution is 2.09. The monoisotopic (exact) mass is 237 g/mol. The van der Waals surface area contributed by atoms with Crippen molar-refractivity contribution in [1.29, 1.82) is 0 Å². The van der Waals surface area contributed by atoms with Gasteiger partial charge in [0.2, 0.25) is 5.95 Å². The number of hydrogen-bond donors (Lipinski definition) is 2. The van der Waals surface area contributed by atoms with Gasteiger partial charge in [0.05, 0.1) is 12.7 Å². The maximum absolute atomic E-state index is 5.65. The van der Waals surface area contributed by atoms with Gasteiger partial charge in [-0.2, -0.15) is 4.98 Å². The molecule has 94 valence electrons. The van der Waals surface area contributed by atoms with Crippen LogP contribution in [-0.2, 0) is 4.74 Å². The molecular weight excluding hydrogens is 218 g/mol. The summed E-state index contributed by atoms with van der Waals surface area (Å²) in [6.07, 6.45) is 0.199. The predicted octanol–water partition coefficient (Wildman–Crippen LogP) is 0.110. The number of nitrogens with two attached hydrogens (primary N) is 1. The summed E-state index contributed by atoms with van der Waals surface area (Å²) < 4.78 is 5.65. The number of nitrogens with zero attached hydrogens (tertiary/aromatic N) is 3. The van der Waals surface area contributed by atoms with E-state index in [0.29, 0.717) is 5.95 Å². The molecule has 0 aliphatic carbocycles.